The second-order valence-electron chi connectivity index (χ2n) is 4.85. The highest BCUT2D eigenvalue weighted by Crippen LogP contribution is 2.31. The van der Waals surface area contributed by atoms with Crippen LogP contribution in [0.1, 0.15) is 17.5 Å². The molecule has 1 heterocycles. The first kappa shape index (κ1) is 11.1. The maximum absolute atomic E-state index is 5.97. The number of benzene rings is 2. The van der Waals surface area contributed by atoms with Crippen molar-refractivity contribution in [3.05, 3.63) is 47.5 Å². The Morgan fingerprint density at radius 3 is 2.67 bits per heavy atom. The maximum Gasteiger partial charge on any atom is 0.122 e. The van der Waals surface area contributed by atoms with Crippen molar-refractivity contribution < 1.29 is 4.74 Å². The minimum absolute atomic E-state index is 0.837. The van der Waals surface area contributed by atoms with Gasteiger partial charge < -0.3 is 10.5 Å². The average Bonchev–Trinajstić information content (AvgIpc) is 2.41. The molecule has 0 saturated heterocycles. The van der Waals surface area contributed by atoms with Crippen LogP contribution in [0.25, 0.3) is 11.1 Å². The Bertz CT molecular complexity index is 590. The highest BCUT2D eigenvalue weighted by Gasteiger charge is 2.11. The third-order valence-corrected chi connectivity index (χ3v) is 3.52. The third kappa shape index (κ3) is 1.94. The topological polar surface area (TPSA) is 35.2 Å². The average molecular weight is 239 g/mol. The van der Waals surface area contributed by atoms with Gasteiger partial charge in [-0.05, 0) is 60.2 Å². The van der Waals surface area contributed by atoms with Crippen LogP contribution in [-0.4, -0.2) is 6.61 Å². The lowest BCUT2D eigenvalue weighted by Crippen LogP contribution is -2.08. The second-order valence-corrected chi connectivity index (χ2v) is 4.85. The fraction of sp³-hybridized carbons (Fsp3) is 0.250. The Hall–Kier alpha value is -1.96. The van der Waals surface area contributed by atoms with Crippen LogP contribution in [0, 0.1) is 6.92 Å². The first-order valence-corrected chi connectivity index (χ1v) is 6.36. The summed E-state index contributed by atoms with van der Waals surface area (Å²) >= 11 is 0. The highest BCUT2D eigenvalue weighted by molar-refractivity contribution is 5.70. The van der Waals surface area contributed by atoms with E-state index >= 15 is 0 Å². The molecule has 0 aliphatic carbocycles. The van der Waals surface area contributed by atoms with Gasteiger partial charge in [0.2, 0.25) is 0 Å². The fourth-order valence-corrected chi connectivity index (χ4v) is 2.36. The number of ether oxygens (including phenoxy) is 1. The Morgan fingerprint density at radius 2 is 1.83 bits per heavy atom. The molecule has 0 saturated carbocycles. The quantitative estimate of drug-likeness (QED) is 0.772. The second kappa shape index (κ2) is 4.37. The van der Waals surface area contributed by atoms with E-state index in [0.717, 1.165) is 36.4 Å². The molecule has 2 heteroatoms. The van der Waals surface area contributed by atoms with Gasteiger partial charge in [0.1, 0.15) is 5.75 Å². The van der Waals surface area contributed by atoms with Gasteiger partial charge in [-0.3, -0.25) is 0 Å². The van der Waals surface area contributed by atoms with Crippen molar-refractivity contribution in [2.24, 2.45) is 0 Å². The van der Waals surface area contributed by atoms with Gasteiger partial charge in [0.05, 0.1) is 6.61 Å². The van der Waals surface area contributed by atoms with Crippen LogP contribution in [0.3, 0.4) is 0 Å². The first-order chi connectivity index (χ1) is 8.74. The molecule has 2 nitrogen and oxygen atoms in total. The van der Waals surface area contributed by atoms with Crippen molar-refractivity contribution >= 4 is 5.69 Å². The van der Waals surface area contributed by atoms with Crippen LogP contribution >= 0.6 is 0 Å². The Labute approximate surface area is 107 Å². The van der Waals surface area contributed by atoms with Crippen LogP contribution in [-0.2, 0) is 6.42 Å². The van der Waals surface area contributed by atoms with Crippen LogP contribution in [0.2, 0.25) is 0 Å². The standard InChI is InChI=1S/C16H17NO/c1-11-4-5-13(10-15(11)17)12-6-7-16-14(9-12)3-2-8-18-16/h4-7,9-10H,2-3,8,17H2,1H3. The number of rotatable bonds is 1. The molecule has 0 spiro atoms. The fourth-order valence-electron chi connectivity index (χ4n) is 2.36. The lowest BCUT2D eigenvalue weighted by Gasteiger charge is -2.18. The van der Waals surface area contributed by atoms with E-state index < -0.39 is 0 Å². The summed E-state index contributed by atoms with van der Waals surface area (Å²) in [6.07, 6.45) is 2.21. The van der Waals surface area contributed by atoms with Gasteiger partial charge in [-0.25, -0.2) is 0 Å². The molecule has 0 amide bonds. The normalized spacial score (nSPS) is 13.8. The number of hydrogen-bond donors (Lipinski definition) is 1. The summed E-state index contributed by atoms with van der Waals surface area (Å²) in [5.74, 6) is 1.03. The van der Waals surface area contributed by atoms with Gasteiger partial charge in [-0.15, -0.1) is 0 Å². The molecule has 0 fully saturated rings. The number of nitrogens with two attached hydrogens (primary N) is 1. The minimum atomic E-state index is 0.837. The van der Waals surface area contributed by atoms with E-state index in [1.54, 1.807) is 0 Å². The molecule has 3 rings (SSSR count). The van der Waals surface area contributed by atoms with Gasteiger partial charge >= 0.3 is 0 Å². The molecule has 92 valence electrons. The van der Waals surface area contributed by atoms with Gasteiger partial charge in [-0.2, -0.15) is 0 Å². The largest absolute Gasteiger partial charge is 0.493 e. The summed E-state index contributed by atoms with van der Waals surface area (Å²) in [6, 6.07) is 12.6. The summed E-state index contributed by atoms with van der Waals surface area (Å²) in [6.45, 7) is 2.86. The monoisotopic (exact) mass is 239 g/mol. The van der Waals surface area contributed by atoms with E-state index in [0.29, 0.717) is 0 Å². The van der Waals surface area contributed by atoms with E-state index in [-0.39, 0.29) is 0 Å². The summed E-state index contributed by atoms with van der Waals surface area (Å²) < 4.78 is 5.63. The minimum Gasteiger partial charge on any atom is -0.493 e. The molecular formula is C16H17NO. The molecule has 2 aromatic rings. The molecule has 18 heavy (non-hydrogen) atoms. The van der Waals surface area contributed by atoms with Gasteiger partial charge in [0.15, 0.2) is 0 Å². The van der Waals surface area contributed by atoms with Crippen molar-refractivity contribution in [3.8, 4) is 16.9 Å². The molecule has 0 aromatic heterocycles. The Balaban J connectivity index is 2.03. The van der Waals surface area contributed by atoms with Crippen LogP contribution in [0.4, 0.5) is 5.69 Å². The molecule has 1 aliphatic rings. The van der Waals surface area contributed by atoms with E-state index in [9.17, 15) is 0 Å². The molecule has 0 atom stereocenters. The molecule has 0 bridgehead atoms. The number of anilines is 1. The molecule has 0 radical (unpaired) electrons. The van der Waals surface area contributed by atoms with Crippen LogP contribution in [0.5, 0.6) is 5.75 Å². The van der Waals surface area contributed by atoms with Gasteiger partial charge in [-0.1, -0.05) is 18.2 Å². The zero-order chi connectivity index (χ0) is 12.5. The van der Waals surface area contributed by atoms with Crippen LogP contribution < -0.4 is 10.5 Å². The van der Waals surface area contributed by atoms with Crippen molar-refractivity contribution in [2.75, 3.05) is 12.3 Å². The van der Waals surface area contributed by atoms with E-state index in [4.69, 9.17) is 10.5 Å². The predicted octanol–water partition coefficient (Wildman–Crippen LogP) is 3.57. The van der Waals surface area contributed by atoms with Crippen LogP contribution in [0.15, 0.2) is 36.4 Å². The van der Waals surface area contributed by atoms with Crippen molar-refractivity contribution in [3.63, 3.8) is 0 Å². The van der Waals surface area contributed by atoms with E-state index in [1.807, 2.05) is 13.0 Å². The lowest BCUT2D eigenvalue weighted by molar-refractivity contribution is 0.288. The number of fused-ring (bicyclic) bond motifs is 1. The highest BCUT2D eigenvalue weighted by atomic mass is 16.5. The lowest BCUT2D eigenvalue weighted by atomic mass is 9.98. The first-order valence-electron chi connectivity index (χ1n) is 6.36. The van der Waals surface area contributed by atoms with E-state index in [1.165, 1.54) is 16.7 Å². The predicted molar refractivity (Wildman–Crippen MR) is 74.8 cm³/mol. The SMILES string of the molecule is Cc1ccc(-c2ccc3c(c2)CCCO3)cc1N. The van der Waals surface area contributed by atoms with E-state index in [2.05, 4.69) is 30.3 Å². The maximum atomic E-state index is 5.97. The number of nitrogen functional groups attached to an aromatic ring is 1. The van der Waals surface area contributed by atoms with Gasteiger partial charge in [0, 0.05) is 5.69 Å². The number of aryl methyl sites for hydroxylation is 2. The van der Waals surface area contributed by atoms with Crippen molar-refractivity contribution in [1.82, 2.24) is 0 Å². The summed E-state index contributed by atoms with van der Waals surface area (Å²) in [5, 5.41) is 0. The molecule has 2 aromatic carbocycles. The Kier molecular flexibility index (Phi) is 2.71. The molecule has 0 unspecified atom stereocenters. The summed E-state index contributed by atoms with van der Waals surface area (Å²) in [7, 11) is 0. The molecular weight excluding hydrogens is 222 g/mol. The number of hydrogen-bond acceptors (Lipinski definition) is 2. The van der Waals surface area contributed by atoms with Gasteiger partial charge in [0.25, 0.3) is 0 Å². The Morgan fingerprint density at radius 1 is 1.06 bits per heavy atom. The molecule has 2 N–H and O–H groups in total. The zero-order valence-corrected chi connectivity index (χ0v) is 10.6. The summed E-state index contributed by atoms with van der Waals surface area (Å²) in [5.41, 5.74) is 11.6. The smallest absolute Gasteiger partial charge is 0.122 e. The van der Waals surface area contributed by atoms with Crippen molar-refractivity contribution in [1.29, 1.82) is 0 Å². The van der Waals surface area contributed by atoms with Crippen molar-refractivity contribution in [2.45, 2.75) is 19.8 Å². The summed E-state index contributed by atoms with van der Waals surface area (Å²) in [4.78, 5) is 0. The third-order valence-electron chi connectivity index (χ3n) is 3.52. The molecule has 1 aliphatic heterocycles. The zero-order valence-electron chi connectivity index (χ0n) is 10.6.